The molecule has 0 bridgehead atoms. The third kappa shape index (κ3) is 3.80. The minimum Gasteiger partial charge on any atom is -0.392 e. The first-order valence-corrected chi connectivity index (χ1v) is 6.73. The molecule has 1 atom stereocenters. The Hall–Kier alpha value is -0.900. The van der Waals surface area contributed by atoms with Gasteiger partial charge in [0.1, 0.15) is 0 Å². The number of halogens is 1. The molecule has 0 saturated heterocycles. The molecule has 17 heavy (non-hydrogen) atoms. The number of aliphatic hydroxyl groups is 1. The highest BCUT2D eigenvalue weighted by molar-refractivity contribution is 7.09. The summed E-state index contributed by atoms with van der Waals surface area (Å²) in [6, 6.07) is 7.58. The molecule has 0 aliphatic rings. The number of hydrogen-bond acceptors (Lipinski definition) is 3. The number of aliphatic hydroxyl groups excluding tert-OH is 1. The summed E-state index contributed by atoms with van der Waals surface area (Å²) in [5, 5.41) is 13.7. The summed E-state index contributed by atoms with van der Waals surface area (Å²) in [7, 11) is 0. The number of hydrogen-bond donors (Lipinski definition) is 1. The fraction of sp³-hybridized carbons (Fsp3) is 0.308. The third-order valence-corrected chi connectivity index (χ3v) is 3.70. The van der Waals surface area contributed by atoms with Crippen molar-refractivity contribution >= 4 is 22.9 Å². The van der Waals surface area contributed by atoms with Gasteiger partial charge in [0, 0.05) is 22.5 Å². The summed E-state index contributed by atoms with van der Waals surface area (Å²) in [5.74, 6) is 0. The van der Waals surface area contributed by atoms with Crippen molar-refractivity contribution < 1.29 is 5.11 Å². The summed E-state index contributed by atoms with van der Waals surface area (Å²) in [6.45, 7) is 1.96. The van der Waals surface area contributed by atoms with Crippen LogP contribution in [0.15, 0.2) is 29.6 Å². The van der Waals surface area contributed by atoms with Crippen molar-refractivity contribution in [1.82, 2.24) is 4.98 Å². The number of thiazole rings is 1. The van der Waals surface area contributed by atoms with E-state index in [1.807, 2.05) is 36.6 Å². The molecule has 2 aromatic rings. The quantitative estimate of drug-likeness (QED) is 0.922. The standard InChI is InChI=1S/C13H14ClNOS/c1-9-8-17-13(15-9)7-12(16)6-10-2-4-11(14)5-3-10/h2-5,8,12,16H,6-7H2,1H3. The number of rotatable bonds is 4. The summed E-state index contributed by atoms with van der Waals surface area (Å²) in [6.07, 6.45) is 0.860. The highest BCUT2D eigenvalue weighted by atomic mass is 35.5. The van der Waals surface area contributed by atoms with E-state index in [4.69, 9.17) is 11.6 Å². The number of nitrogens with zero attached hydrogens (tertiary/aromatic N) is 1. The Bertz CT molecular complexity index is 480. The fourth-order valence-corrected chi connectivity index (χ4v) is 2.63. The predicted octanol–water partition coefficient (Wildman–Crippen LogP) is 3.25. The SMILES string of the molecule is Cc1csc(CC(O)Cc2ccc(Cl)cc2)n1. The van der Waals surface area contributed by atoms with Crippen LogP contribution in [0.4, 0.5) is 0 Å². The molecular weight excluding hydrogens is 254 g/mol. The summed E-state index contributed by atoms with van der Waals surface area (Å²) < 4.78 is 0. The van der Waals surface area contributed by atoms with Crippen molar-refractivity contribution in [2.75, 3.05) is 0 Å². The van der Waals surface area contributed by atoms with E-state index in [1.54, 1.807) is 11.3 Å². The van der Waals surface area contributed by atoms with E-state index < -0.39 is 0 Å². The minimum atomic E-state index is -0.387. The van der Waals surface area contributed by atoms with E-state index in [-0.39, 0.29) is 6.10 Å². The van der Waals surface area contributed by atoms with Gasteiger partial charge in [-0.25, -0.2) is 4.98 Å². The van der Waals surface area contributed by atoms with Crippen molar-refractivity contribution in [3.05, 3.63) is 50.9 Å². The van der Waals surface area contributed by atoms with Gasteiger partial charge in [-0.1, -0.05) is 23.7 Å². The van der Waals surface area contributed by atoms with Crippen LogP contribution in [0.2, 0.25) is 5.02 Å². The van der Waals surface area contributed by atoms with Crippen LogP contribution >= 0.6 is 22.9 Å². The summed E-state index contributed by atoms with van der Waals surface area (Å²) in [4.78, 5) is 4.34. The second-order valence-corrected chi connectivity index (χ2v) is 5.45. The maximum Gasteiger partial charge on any atom is 0.0954 e. The molecule has 1 N–H and O–H groups in total. The molecular formula is C13H14ClNOS. The van der Waals surface area contributed by atoms with Crippen LogP contribution in [0, 0.1) is 6.92 Å². The molecule has 90 valence electrons. The van der Waals surface area contributed by atoms with Crippen LogP contribution in [0.1, 0.15) is 16.3 Å². The van der Waals surface area contributed by atoms with Crippen LogP contribution in [0.5, 0.6) is 0 Å². The normalized spacial score (nSPS) is 12.6. The molecule has 0 radical (unpaired) electrons. The second kappa shape index (κ2) is 5.63. The Kier molecular flexibility index (Phi) is 4.15. The van der Waals surface area contributed by atoms with Crippen molar-refractivity contribution in [3.8, 4) is 0 Å². The van der Waals surface area contributed by atoms with Crippen LogP contribution < -0.4 is 0 Å². The lowest BCUT2D eigenvalue weighted by Crippen LogP contribution is -2.13. The van der Waals surface area contributed by atoms with E-state index in [0.717, 1.165) is 21.3 Å². The molecule has 4 heteroatoms. The van der Waals surface area contributed by atoms with Gasteiger partial charge in [-0.05, 0) is 31.0 Å². The molecule has 0 saturated carbocycles. The Labute approximate surface area is 110 Å². The Morgan fingerprint density at radius 1 is 1.29 bits per heavy atom. The molecule has 0 amide bonds. The third-order valence-electron chi connectivity index (χ3n) is 2.46. The number of benzene rings is 1. The Balaban J connectivity index is 1.93. The highest BCUT2D eigenvalue weighted by Gasteiger charge is 2.09. The van der Waals surface area contributed by atoms with E-state index in [9.17, 15) is 5.11 Å². The van der Waals surface area contributed by atoms with Crippen molar-refractivity contribution in [1.29, 1.82) is 0 Å². The Morgan fingerprint density at radius 3 is 2.59 bits per heavy atom. The van der Waals surface area contributed by atoms with Crippen LogP contribution in [0.3, 0.4) is 0 Å². The van der Waals surface area contributed by atoms with Crippen LogP contribution in [0.25, 0.3) is 0 Å². The monoisotopic (exact) mass is 267 g/mol. The lowest BCUT2D eigenvalue weighted by molar-refractivity contribution is 0.175. The molecule has 2 nitrogen and oxygen atoms in total. The molecule has 1 heterocycles. The predicted molar refractivity (Wildman–Crippen MR) is 71.7 cm³/mol. The molecule has 1 aromatic heterocycles. The second-order valence-electron chi connectivity index (χ2n) is 4.07. The van der Waals surface area contributed by atoms with Gasteiger partial charge in [0.2, 0.25) is 0 Å². The van der Waals surface area contributed by atoms with E-state index in [2.05, 4.69) is 4.98 Å². The fourth-order valence-electron chi connectivity index (χ4n) is 1.66. The molecule has 0 aliphatic heterocycles. The first kappa shape index (κ1) is 12.6. The molecule has 1 unspecified atom stereocenters. The minimum absolute atomic E-state index is 0.387. The smallest absolute Gasteiger partial charge is 0.0954 e. The van der Waals surface area contributed by atoms with Crippen molar-refractivity contribution in [3.63, 3.8) is 0 Å². The van der Waals surface area contributed by atoms with Gasteiger partial charge in [0.15, 0.2) is 0 Å². The van der Waals surface area contributed by atoms with Gasteiger partial charge < -0.3 is 5.11 Å². The number of aryl methyl sites for hydroxylation is 1. The molecule has 0 aliphatic carbocycles. The average Bonchev–Trinajstić information content (AvgIpc) is 2.67. The maximum atomic E-state index is 9.97. The zero-order valence-corrected chi connectivity index (χ0v) is 11.1. The van der Waals surface area contributed by atoms with Gasteiger partial charge in [-0.2, -0.15) is 0 Å². The van der Waals surface area contributed by atoms with Crippen molar-refractivity contribution in [2.45, 2.75) is 25.9 Å². The topological polar surface area (TPSA) is 33.1 Å². The lowest BCUT2D eigenvalue weighted by atomic mass is 10.1. The van der Waals surface area contributed by atoms with Gasteiger partial charge in [-0.3, -0.25) is 0 Å². The maximum absolute atomic E-state index is 9.97. The van der Waals surface area contributed by atoms with Gasteiger partial charge >= 0.3 is 0 Å². The first-order valence-electron chi connectivity index (χ1n) is 5.47. The van der Waals surface area contributed by atoms with Gasteiger partial charge in [0.25, 0.3) is 0 Å². The highest BCUT2D eigenvalue weighted by Crippen LogP contribution is 2.15. The number of aromatic nitrogens is 1. The Morgan fingerprint density at radius 2 is 2.00 bits per heavy atom. The largest absolute Gasteiger partial charge is 0.392 e. The van der Waals surface area contributed by atoms with Crippen molar-refractivity contribution in [2.24, 2.45) is 0 Å². The molecule has 0 spiro atoms. The van der Waals surface area contributed by atoms with Crippen LogP contribution in [-0.2, 0) is 12.8 Å². The van der Waals surface area contributed by atoms with Gasteiger partial charge in [0.05, 0.1) is 11.1 Å². The van der Waals surface area contributed by atoms with E-state index in [0.29, 0.717) is 12.8 Å². The van der Waals surface area contributed by atoms with E-state index in [1.165, 1.54) is 0 Å². The van der Waals surface area contributed by atoms with E-state index >= 15 is 0 Å². The first-order chi connectivity index (χ1) is 8.13. The molecule has 0 fully saturated rings. The summed E-state index contributed by atoms with van der Waals surface area (Å²) >= 11 is 7.41. The summed E-state index contributed by atoms with van der Waals surface area (Å²) in [5.41, 5.74) is 2.11. The molecule has 1 aromatic carbocycles. The van der Waals surface area contributed by atoms with Gasteiger partial charge in [-0.15, -0.1) is 11.3 Å². The molecule has 2 rings (SSSR count). The zero-order chi connectivity index (χ0) is 12.3. The average molecular weight is 268 g/mol. The zero-order valence-electron chi connectivity index (χ0n) is 9.56. The van der Waals surface area contributed by atoms with Crippen LogP contribution in [-0.4, -0.2) is 16.2 Å². The lowest BCUT2D eigenvalue weighted by Gasteiger charge is -2.08.